The minimum Gasteiger partial charge on any atom is -0.479 e. The van der Waals surface area contributed by atoms with Crippen molar-refractivity contribution in [1.29, 1.82) is 0 Å². The van der Waals surface area contributed by atoms with Crippen LogP contribution in [0.25, 0.3) is 0 Å². The largest absolute Gasteiger partial charge is 0.479 e. The first-order valence-corrected chi connectivity index (χ1v) is 4.31. The summed E-state index contributed by atoms with van der Waals surface area (Å²) in [5.74, 6) is -2.16. The Hall–Kier alpha value is -1.56. The van der Waals surface area contributed by atoms with Crippen LogP contribution in [0.5, 0.6) is 0 Å². The van der Waals surface area contributed by atoms with Gasteiger partial charge in [-0.3, -0.25) is 4.74 Å². The van der Waals surface area contributed by atoms with Gasteiger partial charge in [0.15, 0.2) is 5.60 Å². The second-order valence-corrected chi connectivity index (χ2v) is 3.22. The SMILES string of the molecule is CC(OC(F)F)(C(=O)O)c1ccc(F)cc1. The molecule has 0 radical (unpaired) electrons. The van der Waals surface area contributed by atoms with Crippen molar-refractivity contribution in [3.05, 3.63) is 35.6 Å². The predicted molar refractivity (Wildman–Crippen MR) is 48.5 cm³/mol. The molecular formula is C10H9F3O3. The summed E-state index contributed by atoms with van der Waals surface area (Å²) in [6.45, 7) is -2.25. The molecule has 1 N–H and O–H groups in total. The molecular weight excluding hydrogens is 225 g/mol. The Morgan fingerprint density at radius 1 is 1.38 bits per heavy atom. The highest BCUT2D eigenvalue weighted by Gasteiger charge is 2.39. The Morgan fingerprint density at radius 3 is 2.25 bits per heavy atom. The maximum Gasteiger partial charge on any atom is 0.346 e. The molecule has 3 nitrogen and oxygen atoms in total. The molecule has 1 rings (SSSR count). The first kappa shape index (κ1) is 12.5. The van der Waals surface area contributed by atoms with Crippen LogP contribution in [-0.2, 0) is 15.1 Å². The van der Waals surface area contributed by atoms with Crippen LogP contribution in [-0.4, -0.2) is 17.7 Å². The Kier molecular flexibility index (Phi) is 3.54. The van der Waals surface area contributed by atoms with E-state index in [-0.39, 0.29) is 5.56 Å². The van der Waals surface area contributed by atoms with E-state index in [1.54, 1.807) is 0 Å². The third-order valence-electron chi connectivity index (χ3n) is 2.13. The van der Waals surface area contributed by atoms with Crippen molar-refractivity contribution in [3.8, 4) is 0 Å². The number of carboxylic acids is 1. The Labute approximate surface area is 89.5 Å². The maximum atomic E-state index is 12.6. The third kappa shape index (κ3) is 2.52. The standard InChI is InChI=1S/C10H9F3O3/c1-10(8(14)15,16-9(12)13)6-2-4-7(11)5-3-6/h2-5,9H,1H3,(H,14,15). The summed E-state index contributed by atoms with van der Waals surface area (Å²) in [5, 5.41) is 8.85. The maximum absolute atomic E-state index is 12.6. The monoisotopic (exact) mass is 234 g/mol. The average molecular weight is 234 g/mol. The highest BCUT2D eigenvalue weighted by molar-refractivity contribution is 5.78. The van der Waals surface area contributed by atoms with E-state index in [1.165, 1.54) is 0 Å². The van der Waals surface area contributed by atoms with Crippen molar-refractivity contribution in [2.45, 2.75) is 19.1 Å². The number of alkyl halides is 2. The van der Waals surface area contributed by atoms with Crippen LogP contribution in [0.3, 0.4) is 0 Å². The molecule has 0 bridgehead atoms. The van der Waals surface area contributed by atoms with Gasteiger partial charge in [-0.2, -0.15) is 8.78 Å². The van der Waals surface area contributed by atoms with Gasteiger partial charge in [-0.05, 0) is 24.6 Å². The molecule has 16 heavy (non-hydrogen) atoms. The van der Waals surface area contributed by atoms with E-state index < -0.39 is 24.0 Å². The number of hydrogen-bond acceptors (Lipinski definition) is 2. The molecule has 0 aliphatic heterocycles. The molecule has 0 fully saturated rings. The quantitative estimate of drug-likeness (QED) is 0.869. The Bertz CT molecular complexity index is 377. The summed E-state index contributed by atoms with van der Waals surface area (Å²) in [7, 11) is 0. The summed E-state index contributed by atoms with van der Waals surface area (Å²) in [5.41, 5.74) is -2.25. The summed E-state index contributed by atoms with van der Waals surface area (Å²) < 4.78 is 40.9. The predicted octanol–water partition coefficient (Wildman–Crippen LogP) is 2.36. The lowest BCUT2D eigenvalue weighted by molar-refractivity contribution is -0.220. The number of carboxylic acid groups (broad SMARTS) is 1. The minimum atomic E-state index is -3.23. The topological polar surface area (TPSA) is 46.5 Å². The van der Waals surface area contributed by atoms with E-state index in [1.807, 2.05) is 0 Å². The van der Waals surface area contributed by atoms with E-state index in [2.05, 4.69) is 4.74 Å². The lowest BCUT2D eigenvalue weighted by Crippen LogP contribution is -2.37. The molecule has 0 aromatic heterocycles. The van der Waals surface area contributed by atoms with Crippen LogP contribution in [0.4, 0.5) is 13.2 Å². The summed E-state index contributed by atoms with van der Waals surface area (Å²) in [6, 6.07) is 4.13. The molecule has 0 amide bonds. The highest BCUT2D eigenvalue weighted by Crippen LogP contribution is 2.28. The van der Waals surface area contributed by atoms with Crippen molar-refractivity contribution in [3.63, 3.8) is 0 Å². The van der Waals surface area contributed by atoms with Crippen LogP contribution in [0.1, 0.15) is 12.5 Å². The molecule has 1 atom stereocenters. The van der Waals surface area contributed by atoms with Gasteiger partial charge in [-0.15, -0.1) is 0 Å². The van der Waals surface area contributed by atoms with Crippen LogP contribution < -0.4 is 0 Å². The van der Waals surface area contributed by atoms with Crippen molar-refractivity contribution < 1.29 is 27.8 Å². The lowest BCUT2D eigenvalue weighted by Gasteiger charge is -2.25. The molecule has 88 valence electrons. The number of halogens is 3. The molecule has 1 unspecified atom stereocenters. The molecule has 1 aromatic carbocycles. The molecule has 0 saturated carbocycles. The summed E-state index contributed by atoms with van der Waals surface area (Å²) in [4.78, 5) is 10.9. The van der Waals surface area contributed by atoms with Gasteiger partial charge < -0.3 is 5.11 Å². The van der Waals surface area contributed by atoms with Gasteiger partial charge in [0.2, 0.25) is 0 Å². The van der Waals surface area contributed by atoms with Gasteiger partial charge in [0, 0.05) is 0 Å². The molecule has 0 saturated heterocycles. The fourth-order valence-corrected chi connectivity index (χ4v) is 1.19. The van der Waals surface area contributed by atoms with Gasteiger partial charge in [0.05, 0.1) is 0 Å². The van der Waals surface area contributed by atoms with Gasteiger partial charge in [0.25, 0.3) is 0 Å². The number of rotatable bonds is 4. The van der Waals surface area contributed by atoms with Crippen LogP contribution in [0.15, 0.2) is 24.3 Å². The van der Waals surface area contributed by atoms with E-state index in [0.29, 0.717) is 0 Å². The number of carbonyl (C=O) groups is 1. The van der Waals surface area contributed by atoms with Crippen molar-refractivity contribution >= 4 is 5.97 Å². The third-order valence-corrected chi connectivity index (χ3v) is 2.13. The van der Waals surface area contributed by atoms with Crippen LogP contribution in [0, 0.1) is 5.82 Å². The summed E-state index contributed by atoms with van der Waals surface area (Å²) in [6.07, 6.45) is 0. The van der Waals surface area contributed by atoms with E-state index in [0.717, 1.165) is 31.2 Å². The second-order valence-electron chi connectivity index (χ2n) is 3.22. The molecule has 0 heterocycles. The van der Waals surface area contributed by atoms with E-state index >= 15 is 0 Å². The van der Waals surface area contributed by atoms with Crippen LogP contribution in [0.2, 0.25) is 0 Å². The highest BCUT2D eigenvalue weighted by atomic mass is 19.3. The molecule has 6 heteroatoms. The van der Waals surface area contributed by atoms with E-state index in [9.17, 15) is 18.0 Å². The second kappa shape index (κ2) is 4.52. The molecule has 1 aromatic rings. The van der Waals surface area contributed by atoms with Crippen molar-refractivity contribution in [2.24, 2.45) is 0 Å². The molecule has 0 aliphatic carbocycles. The normalized spacial score (nSPS) is 14.8. The fraction of sp³-hybridized carbons (Fsp3) is 0.300. The van der Waals surface area contributed by atoms with Gasteiger partial charge in [-0.1, -0.05) is 12.1 Å². The number of ether oxygens (including phenoxy) is 1. The first-order valence-electron chi connectivity index (χ1n) is 4.31. The van der Waals surface area contributed by atoms with Gasteiger partial charge in [0.1, 0.15) is 5.82 Å². The Balaban J connectivity index is 3.11. The van der Waals surface area contributed by atoms with Gasteiger partial charge in [-0.25, -0.2) is 9.18 Å². The average Bonchev–Trinajstić information content (AvgIpc) is 2.17. The lowest BCUT2D eigenvalue weighted by atomic mass is 9.96. The number of aliphatic carboxylic acids is 1. The molecule has 0 aliphatic rings. The van der Waals surface area contributed by atoms with Crippen molar-refractivity contribution in [1.82, 2.24) is 0 Å². The summed E-state index contributed by atoms with van der Waals surface area (Å²) >= 11 is 0. The zero-order valence-electron chi connectivity index (χ0n) is 8.28. The fourth-order valence-electron chi connectivity index (χ4n) is 1.19. The van der Waals surface area contributed by atoms with Crippen LogP contribution >= 0.6 is 0 Å². The smallest absolute Gasteiger partial charge is 0.346 e. The van der Waals surface area contributed by atoms with Gasteiger partial charge >= 0.3 is 12.6 Å². The van der Waals surface area contributed by atoms with Crippen molar-refractivity contribution in [2.75, 3.05) is 0 Å². The Morgan fingerprint density at radius 2 is 1.88 bits per heavy atom. The van der Waals surface area contributed by atoms with E-state index in [4.69, 9.17) is 5.11 Å². The zero-order chi connectivity index (χ0) is 12.3. The first-order chi connectivity index (χ1) is 7.36. The molecule has 0 spiro atoms. The number of hydrogen-bond donors (Lipinski definition) is 1. The zero-order valence-corrected chi connectivity index (χ0v) is 8.28. The number of benzene rings is 1. The minimum absolute atomic E-state index is 0.0540.